The Bertz CT molecular complexity index is 584. The summed E-state index contributed by atoms with van der Waals surface area (Å²) in [5, 5.41) is 9.48. The summed E-state index contributed by atoms with van der Waals surface area (Å²) in [6.07, 6.45) is 0. The van der Waals surface area contributed by atoms with Gasteiger partial charge in [0.1, 0.15) is 12.1 Å². The van der Waals surface area contributed by atoms with Crippen molar-refractivity contribution in [3.63, 3.8) is 0 Å². The van der Waals surface area contributed by atoms with Crippen molar-refractivity contribution in [2.75, 3.05) is 6.54 Å². The lowest BCUT2D eigenvalue weighted by Crippen LogP contribution is -2.48. The van der Waals surface area contributed by atoms with Crippen LogP contribution in [0.2, 0.25) is 0 Å². The van der Waals surface area contributed by atoms with Gasteiger partial charge in [0, 0.05) is 12.5 Å². The van der Waals surface area contributed by atoms with Gasteiger partial charge in [-0.2, -0.15) is 0 Å². The molecule has 5 heteroatoms. The number of nitrogens with zero attached hydrogens (tertiary/aromatic N) is 1. The second-order valence-corrected chi connectivity index (χ2v) is 6.62. The summed E-state index contributed by atoms with van der Waals surface area (Å²) in [6.45, 7) is 4.63. The Labute approximate surface area is 123 Å². The van der Waals surface area contributed by atoms with Crippen molar-refractivity contribution in [1.82, 2.24) is 4.90 Å². The monoisotopic (exact) mass is 288 g/mol. The molecule has 5 nitrogen and oxygen atoms in total. The van der Waals surface area contributed by atoms with Crippen LogP contribution < -0.4 is 5.73 Å². The minimum atomic E-state index is -0.929. The maximum absolute atomic E-state index is 12.6. The van der Waals surface area contributed by atoms with Gasteiger partial charge in [0.2, 0.25) is 5.91 Å². The molecule has 1 aliphatic heterocycles. The van der Waals surface area contributed by atoms with Crippen molar-refractivity contribution in [3.8, 4) is 0 Å². The van der Waals surface area contributed by atoms with E-state index >= 15 is 0 Å². The van der Waals surface area contributed by atoms with E-state index in [1.54, 1.807) is 12.1 Å². The number of rotatable bonds is 3. The fourth-order valence-corrected chi connectivity index (χ4v) is 3.78. The number of hydrogen-bond acceptors (Lipinski definition) is 3. The Balaban J connectivity index is 1.81. The summed E-state index contributed by atoms with van der Waals surface area (Å²) in [7, 11) is 0. The average Bonchev–Trinajstić information content (AvgIpc) is 2.85. The van der Waals surface area contributed by atoms with Crippen molar-refractivity contribution in [2.24, 2.45) is 23.0 Å². The van der Waals surface area contributed by atoms with Gasteiger partial charge in [-0.25, -0.2) is 4.79 Å². The largest absolute Gasteiger partial charge is 0.480 e. The molecule has 3 N–H and O–H groups in total. The Morgan fingerprint density at radius 2 is 1.95 bits per heavy atom. The molecule has 0 bridgehead atoms. The van der Waals surface area contributed by atoms with Gasteiger partial charge in [-0.15, -0.1) is 0 Å². The second kappa shape index (κ2) is 4.56. The first-order valence-electron chi connectivity index (χ1n) is 7.19. The highest BCUT2D eigenvalue weighted by Gasteiger charge is 2.69. The molecule has 1 aromatic carbocycles. The van der Waals surface area contributed by atoms with Gasteiger partial charge in [0.05, 0.1) is 0 Å². The molecule has 21 heavy (non-hydrogen) atoms. The third kappa shape index (κ3) is 2.03. The Morgan fingerprint density at radius 3 is 2.52 bits per heavy atom. The van der Waals surface area contributed by atoms with Crippen LogP contribution in [0.15, 0.2) is 30.3 Å². The Hall–Kier alpha value is -1.88. The molecule has 1 heterocycles. The standard InChI is InChI=1S/C16H20N2O3/c1-16(2)10-8-18(13(11(10)16)15(20)21)14(19)12(17)9-6-4-3-5-7-9/h3-7,10-13H,8,17H2,1-2H3,(H,20,21)/t10?,11?,12-,13-/m0/s1. The highest BCUT2D eigenvalue weighted by atomic mass is 16.4. The molecule has 4 atom stereocenters. The molecule has 1 saturated heterocycles. The van der Waals surface area contributed by atoms with Crippen LogP contribution in [-0.2, 0) is 9.59 Å². The van der Waals surface area contributed by atoms with Crippen molar-refractivity contribution in [1.29, 1.82) is 0 Å². The summed E-state index contributed by atoms with van der Waals surface area (Å²) in [5.41, 5.74) is 6.75. The predicted octanol–water partition coefficient (Wildman–Crippen LogP) is 1.25. The van der Waals surface area contributed by atoms with Crippen molar-refractivity contribution >= 4 is 11.9 Å². The number of nitrogens with two attached hydrogens (primary N) is 1. The molecular formula is C16H20N2O3. The quantitative estimate of drug-likeness (QED) is 0.877. The topological polar surface area (TPSA) is 83.6 Å². The van der Waals surface area contributed by atoms with Crippen LogP contribution in [0, 0.1) is 17.3 Å². The maximum Gasteiger partial charge on any atom is 0.326 e. The molecule has 0 radical (unpaired) electrons. The van der Waals surface area contributed by atoms with Gasteiger partial charge in [0.15, 0.2) is 0 Å². The predicted molar refractivity (Wildman–Crippen MR) is 77.3 cm³/mol. The smallest absolute Gasteiger partial charge is 0.326 e. The van der Waals surface area contributed by atoms with Crippen LogP contribution in [-0.4, -0.2) is 34.5 Å². The normalized spacial score (nSPS) is 30.6. The molecule has 112 valence electrons. The number of amides is 1. The lowest BCUT2D eigenvalue weighted by molar-refractivity contribution is -0.150. The molecule has 0 spiro atoms. The van der Waals surface area contributed by atoms with Gasteiger partial charge in [0.25, 0.3) is 0 Å². The van der Waals surface area contributed by atoms with Gasteiger partial charge in [-0.1, -0.05) is 44.2 Å². The summed E-state index contributed by atoms with van der Waals surface area (Å²) < 4.78 is 0. The summed E-state index contributed by atoms with van der Waals surface area (Å²) in [4.78, 5) is 25.6. The first kappa shape index (κ1) is 14.1. The van der Waals surface area contributed by atoms with E-state index in [0.29, 0.717) is 12.1 Å². The van der Waals surface area contributed by atoms with E-state index in [0.717, 1.165) is 0 Å². The first-order valence-corrected chi connectivity index (χ1v) is 7.19. The third-order valence-corrected chi connectivity index (χ3v) is 5.17. The summed E-state index contributed by atoms with van der Waals surface area (Å²) in [6, 6.07) is 7.54. The molecule has 2 aliphatic rings. The van der Waals surface area contributed by atoms with Gasteiger partial charge in [-0.3, -0.25) is 4.79 Å². The Kier molecular flexibility index (Phi) is 3.06. The molecule has 2 fully saturated rings. The van der Waals surface area contributed by atoms with Crippen LogP contribution in [0.4, 0.5) is 0 Å². The average molecular weight is 288 g/mol. The number of carboxylic acid groups (broad SMARTS) is 1. The highest BCUT2D eigenvalue weighted by Crippen LogP contribution is 2.64. The molecule has 3 rings (SSSR count). The fraction of sp³-hybridized carbons (Fsp3) is 0.500. The SMILES string of the molecule is CC1(C)C2CN(C(=O)[C@@H](N)c3ccccc3)[C@H](C(=O)O)C21. The Morgan fingerprint density at radius 1 is 1.33 bits per heavy atom. The third-order valence-electron chi connectivity index (χ3n) is 5.17. The number of aliphatic carboxylic acids is 1. The van der Waals surface area contributed by atoms with Gasteiger partial charge < -0.3 is 15.7 Å². The number of fused-ring (bicyclic) bond motifs is 1. The summed E-state index contributed by atoms with van der Waals surface area (Å²) in [5.74, 6) is -0.911. The van der Waals surface area contributed by atoms with E-state index in [1.165, 1.54) is 4.90 Å². The number of hydrogen-bond donors (Lipinski definition) is 2. The minimum absolute atomic E-state index is 0.0106. The van der Waals surface area contributed by atoms with Crippen LogP contribution in [0.3, 0.4) is 0 Å². The molecule has 1 aliphatic carbocycles. The number of likely N-dealkylation sites (tertiary alicyclic amines) is 1. The van der Waals surface area contributed by atoms with Crippen molar-refractivity contribution < 1.29 is 14.7 Å². The van der Waals surface area contributed by atoms with Gasteiger partial charge >= 0.3 is 5.97 Å². The fourth-order valence-electron chi connectivity index (χ4n) is 3.78. The molecule has 2 unspecified atom stereocenters. The van der Waals surface area contributed by atoms with Crippen LogP contribution in [0.1, 0.15) is 25.5 Å². The van der Waals surface area contributed by atoms with Crippen LogP contribution in [0.25, 0.3) is 0 Å². The molecule has 1 saturated carbocycles. The van der Waals surface area contributed by atoms with Gasteiger partial charge in [-0.05, 0) is 16.9 Å². The van der Waals surface area contributed by atoms with E-state index in [2.05, 4.69) is 13.8 Å². The zero-order chi connectivity index (χ0) is 15.4. The highest BCUT2D eigenvalue weighted by molar-refractivity contribution is 5.89. The second-order valence-electron chi connectivity index (χ2n) is 6.62. The van der Waals surface area contributed by atoms with Crippen molar-refractivity contribution in [2.45, 2.75) is 25.9 Å². The summed E-state index contributed by atoms with van der Waals surface area (Å²) >= 11 is 0. The lowest BCUT2D eigenvalue weighted by Gasteiger charge is -2.30. The van der Waals surface area contributed by atoms with E-state index in [-0.39, 0.29) is 23.2 Å². The van der Waals surface area contributed by atoms with Crippen molar-refractivity contribution in [3.05, 3.63) is 35.9 Å². The van der Waals surface area contributed by atoms with E-state index in [1.807, 2.05) is 18.2 Å². The zero-order valence-corrected chi connectivity index (χ0v) is 12.2. The molecular weight excluding hydrogens is 268 g/mol. The lowest BCUT2D eigenvalue weighted by atomic mass is 9.99. The van der Waals surface area contributed by atoms with E-state index in [4.69, 9.17) is 5.73 Å². The number of piperidine rings is 1. The number of carbonyl (C=O) groups is 2. The van der Waals surface area contributed by atoms with Crippen LogP contribution >= 0.6 is 0 Å². The van der Waals surface area contributed by atoms with E-state index < -0.39 is 18.1 Å². The maximum atomic E-state index is 12.6. The molecule has 1 amide bonds. The van der Waals surface area contributed by atoms with Crippen LogP contribution in [0.5, 0.6) is 0 Å². The minimum Gasteiger partial charge on any atom is -0.480 e. The number of benzene rings is 1. The number of carbonyl (C=O) groups excluding carboxylic acids is 1. The molecule has 1 aromatic rings. The first-order chi connectivity index (χ1) is 9.85. The van der Waals surface area contributed by atoms with E-state index in [9.17, 15) is 14.7 Å². The number of carboxylic acids is 1. The molecule has 0 aromatic heterocycles. The zero-order valence-electron chi connectivity index (χ0n) is 12.2.